The van der Waals surface area contributed by atoms with Crippen molar-refractivity contribution >= 4 is 11.3 Å². The number of nitrogens with one attached hydrogen (secondary N) is 1. The van der Waals surface area contributed by atoms with Crippen LogP contribution in [0.25, 0.3) is 10.7 Å². The quantitative estimate of drug-likeness (QED) is 0.769. The Balaban J connectivity index is 1.88. The molecule has 1 aromatic carbocycles. The van der Waals surface area contributed by atoms with Gasteiger partial charge in [0.05, 0.1) is 10.9 Å². The summed E-state index contributed by atoms with van der Waals surface area (Å²) >= 11 is 1.61. The Morgan fingerprint density at radius 3 is 2.68 bits per heavy atom. The van der Waals surface area contributed by atoms with Crippen molar-refractivity contribution in [3.05, 3.63) is 58.7 Å². The van der Waals surface area contributed by atoms with E-state index >= 15 is 0 Å². The highest BCUT2D eigenvalue weighted by atomic mass is 32.1. The summed E-state index contributed by atoms with van der Waals surface area (Å²) in [4.78, 5) is 5.51. The summed E-state index contributed by atoms with van der Waals surface area (Å²) < 4.78 is 0. The maximum atomic E-state index is 6.20. The molecular weight excluding hydrogens is 256 g/mol. The first-order valence-corrected chi connectivity index (χ1v) is 6.90. The van der Waals surface area contributed by atoms with Gasteiger partial charge in [-0.2, -0.15) is 5.10 Å². The Hall–Kier alpha value is -1.98. The number of nitrogens with two attached hydrogens (primary N) is 1. The Morgan fingerprint density at radius 2 is 2.00 bits per heavy atom. The van der Waals surface area contributed by atoms with Gasteiger partial charge in [0.1, 0.15) is 5.82 Å². The van der Waals surface area contributed by atoms with Crippen LogP contribution in [-0.2, 0) is 0 Å². The van der Waals surface area contributed by atoms with E-state index in [9.17, 15) is 0 Å². The summed E-state index contributed by atoms with van der Waals surface area (Å²) in [5.74, 6) is 1.39. The molecule has 0 aliphatic rings. The number of hydrogen-bond acceptors (Lipinski definition) is 4. The molecule has 19 heavy (non-hydrogen) atoms. The van der Waals surface area contributed by atoms with E-state index in [4.69, 9.17) is 5.73 Å². The number of H-pyrrole nitrogens is 1. The van der Waals surface area contributed by atoms with E-state index in [1.807, 2.05) is 41.8 Å². The van der Waals surface area contributed by atoms with Crippen LogP contribution in [0.2, 0.25) is 0 Å². The number of aryl methyl sites for hydroxylation is 1. The van der Waals surface area contributed by atoms with E-state index in [0.717, 1.165) is 10.4 Å². The first kappa shape index (κ1) is 12.1. The van der Waals surface area contributed by atoms with Gasteiger partial charge >= 0.3 is 0 Å². The maximum absolute atomic E-state index is 6.20. The fourth-order valence-electron chi connectivity index (χ4n) is 1.86. The molecule has 0 saturated heterocycles. The monoisotopic (exact) mass is 270 g/mol. The second kappa shape index (κ2) is 4.95. The van der Waals surface area contributed by atoms with Gasteiger partial charge in [-0.15, -0.1) is 11.3 Å². The highest BCUT2D eigenvalue weighted by Crippen LogP contribution is 2.23. The molecule has 0 aliphatic carbocycles. The predicted molar refractivity (Wildman–Crippen MR) is 76.9 cm³/mol. The Labute approximate surface area is 115 Å². The van der Waals surface area contributed by atoms with E-state index in [0.29, 0.717) is 11.6 Å². The van der Waals surface area contributed by atoms with Crippen molar-refractivity contribution < 1.29 is 0 Å². The average Bonchev–Trinajstić information content (AvgIpc) is 3.10. The molecule has 96 valence electrons. The summed E-state index contributed by atoms with van der Waals surface area (Å²) in [6, 6.07) is 11.8. The first-order chi connectivity index (χ1) is 9.24. The minimum absolute atomic E-state index is 0.276. The number of nitrogens with zero attached hydrogens (tertiary/aromatic N) is 2. The van der Waals surface area contributed by atoms with Crippen molar-refractivity contribution in [2.45, 2.75) is 13.0 Å². The number of rotatable bonds is 3. The van der Waals surface area contributed by atoms with Gasteiger partial charge in [0.2, 0.25) is 0 Å². The largest absolute Gasteiger partial charge is 0.318 e. The van der Waals surface area contributed by atoms with E-state index in [-0.39, 0.29) is 6.04 Å². The van der Waals surface area contributed by atoms with Crippen molar-refractivity contribution in [3.8, 4) is 10.7 Å². The molecule has 1 atom stereocenters. The van der Waals surface area contributed by atoms with Gasteiger partial charge in [-0.3, -0.25) is 5.10 Å². The standard InChI is InChI=1S/C14H14N4S/c1-9-4-6-10(7-5-9)12(15)14-16-13(17-18-14)11-3-2-8-19-11/h2-8,12H,15H2,1H3,(H,16,17,18)/t12-/m0/s1. The van der Waals surface area contributed by atoms with Crippen LogP contribution in [0.4, 0.5) is 0 Å². The van der Waals surface area contributed by atoms with Crippen LogP contribution in [0.5, 0.6) is 0 Å². The summed E-state index contributed by atoms with van der Waals surface area (Å²) in [6.07, 6.45) is 0. The molecule has 3 rings (SSSR count). The molecule has 4 nitrogen and oxygen atoms in total. The second-order valence-electron chi connectivity index (χ2n) is 4.41. The molecule has 0 aliphatic heterocycles. The lowest BCUT2D eigenvalue weighted by atomic mass is 10.1. The first-order valence-electron chi connectivity index (χ1n) is 6.02. The second-order valence-corrected chi connectivity index (χ2v) is 5.36. The van der Waals surface area contributed by atoms with Crippen LogP contribution >= 0.6 is 11.3 Å². The number of thiophene rings is 1. The molecule has 2 heterocycles. The molecule has 0 saturated carbocycles. The van der Waals surface area contributed by atoms with Crippen LogP contribution in [0.1, 0.15) is 23.0 Å². The van der Waals surface area contributed by atoms with E-state index in [1.54, 1.807) is 11.3 Å². The third kappa shape index (κ3) is 2.43. The minimum atomic E-state index is -0.276. The van der Waals surface area contributed by atoms with Crippen molar-refractivity contribution in [2.24, 2.45) is 5.73 Å². The third-order valence-corrected chi connectivity index (χ3v) is 3.84. The smallest absolute Gasteiger partial charge is 0.191 e. The normalized spacial score (nSPS) is 12.5. The van der Waals surface area contributed by atoms with Crippen molar-refractivity contribution in [3.63, 3.8) is 0 Å². The van der Waals surface area contributed by atoms with Crippen LogP contribution in [0.3, 0.4) is 0 Å². The minimum Gasteiger partial charge on any atom is -0.318 e. The molecule has 2 aromatic heterocycles. The van der Waals surface area contributed by atoms with Gasteiger partial charge in [-0.25, -0.2) is 4.98 Å². The molecule has 0 bridgehead atoms. The van der Waals surface area contributed by atoms with E-state index in [2.05, 4.69) is 22.1 Å². The van der Waals surface area contributed by atoms with Crippen LogP contribution < -0.4 is 5.73 Å². The van der Waals surface area contributed by atoms with Gasteiger partial charge in [0, 0.05) is 0 Å². The van der Waals surface area contributed by atoms with Gasteiger partial charge < -0.3 is 5.73 Å². The lowest BCUT2D eigenvalue weighted by Crippen LogP contribution is -2.13. The molecule has 3 N–H and O–H groups in total. The summed E-state index contributed by atoms with van der Waals surface area (Å²) in [5.41, 5.74) is 8.45. The van der Waals surface area contributed by atoms with Gasteiger partial charge in [-0.05, 0) is 23.9 Å². The molecule has 0 amide bonds. The molecule has 0 unspecified atom stereocenters. The fourth-order valence-corrected chi connectivity index (χ4v) is 2.52. The molecular formula is C14H14N4S. The molecule has 0 radical (unpaired) electrons. The number of aromatic amines is 1. The number of benzene rings is 1. The Bertz CT molecular complexity index is 655. The lowest BCUT2D eigenvalue weighted by Gasteiger charge is -2.08. The summed E-state index contributed by atoms with van der Waals surface area (Å²) in [7, 11) is 0. The van der Waals surface area contributed by atoms with Gasteiger partial charge in [-0.1, -0.05) is 35.9 Å². The van der Waals surface area contributed by atoms with E-state index in [1.165, 1.54) is 5.56 Å². The predicted octanol–water partition coefficient (Wildman–Crippen LogP) is 2.89. The van der Waals surface area contributed by atoms with Crippen molar-refractivity contribution in [1.29, 1.82) is 0 Å². The van der Waals surface area contributed by atoms with Crippen LogP contribution in [0, 0.1) is 6.92 Å². The van der Waals surface area contributed by atoms with Gasteiger partial charge in [0.15, 0.2) is 5.82 Å². The molecule has 5 heteroatoms. The highest BCUT2D eigenvalue weighted by Gasteiger charge is 2.14. The van der Waals surface area contributed by atoms with Gasteiger partial charge in [0.25, 0.3) is 0 Å². The Kier molecular flexibility index (Phi) is 3.15. The molecule has 3 aromatic rings. The average molecular weight is 270 g/mol. The number of hydrogen-bond donors (Lipinski definition) is 2. The SMILES string of the molecule is Cc1ccc([C@H](N)c2nc(-c3cccs3)n[nH]2)cc1. The van der Waals surface area contributed by atoms with E-state index < -0.39 is 0 Å². The van der Waals surface area contributed by atoms with Crippen molar-refractivity contribution in [1.82, 2.24) is 15.2 Å². The fraction of sp³-hybridized carbons (Fsp3) is 0.143. The van der Waals surface area contributed by atoms with Crippen LogP contribution in [-0.4, -0.2) is 15.2 Å². The highest BCUT2D eigenvalue weighted by molar-refractivity contribution is 7.13. The third-order valence-electron chi connectivity index (χ3n) is 2.98. The zero-order valence-electron chi connectivity index (χ0n) is 10.5. The summed E-state index contributed by atoms with van der Waals surface area (Å²) in [6.45, 7) is 2.05. The molecule has 0 fully saturated rings. The lowest BCUT2D eigenvalue weighted by molar-refractivity contribution is 0.787. The van der Waals surface area contributed by atoms with Crippen molar-refractivity contribution in [2.75, 3.05) is 0 Å². The zero-order chi connectivity index (χ0) is 13.2. The molecule has 0 spiro atoms. The number of aromatic nitrogens is 3. The zero-order valence-corrected chi connectivity index (χ0v) is 11.3. The Morgan fingerprint density at radius 1 is 1.21 bits per heavy atom. The summed E-state index contributed by atoms with van der Waals surface area (Å²) in [5, 5.41) is 9.15. The topological polar surface area (TPSA) is 67.6 Å². The maximum Gasteiger partial charge on any atom is 0.191 e. The van der Waals surface area contributed by atoms with Crippen LogP contribution in [0.15, 0.2) is 41.8 Å².